The molecule has 0 aliphatic carbocycles. The third kappa shape index (κ3) is 2.78. The molecule has 1 aliphatic heterocycles. The van der Waals surface area contributed by atoms with E-state index < -0.39 is 0 Å². The maximum atomic E-state index is 11.8. The monoisotopic (exact) mass is 305 g/mol. The maximum Gasteiger partial charge on any atom is 0.239 e. The Morgan fingerprint density at radius 3 is 3.10 bits per heavy atom. The van der Waals surface area contributed by atoms with Crippen molar-refractivity contribution in [1.82, 2.24) is 15.3 Å². The molecular weight excluding hydrogens is 286 g/mol. The van der Waals surface area contributed by atoms with Gasteiger partial charge < -0.3 is 15.5 Å². The smallest absolute Gasteiger partial charge is 0.239 e. The topological polar surface area (TPSA) is 70.2 Å². The first kappa shape index (κ1) is 14.1. The number of anilines is 2. The number of hydrogen-bond donors (Lipinski definition) is 2. The lowest BCUT2D eigenvalue weighted by Crippen LogP contribution is -2.33. The maximum absolute atomic E-state index is 11.8. The highest BCUT2D eigenvalue weighted by atomic mass is 32.1. The summed E-state index contributed by atoms with van der Waals surface area (Å²) < 4.78 is 0. The van der Waals surface area contributed by atoms with E-state index in [4.69, 9.17) is 0 Å². The number of carbonyl (C=O) groups is 1. The molecule has 0 spiro atoms. The fraction of sp³-hybridized carbons (Fsp3) is 0.500. The summed E-state index contributed by atoms with van der Waals surface area (Å²) in [5, 5.41) is 6.96. The van der Waals surface area contributed by atoms with Crippen LogP contribution < -0.4 is 15.5 Å². The van der Waals surface area contributed by atoms with Crippen LogP contribution in [0.25, 0.3) is 10.2 Å². The summed E-state index contributed by atoms with van der Waals surface area (Å²) in [5.74, 6) is 1.51. The molecule has 3 heterocycles. The van der Waals surface area contributed by atoms with Gasteiger partial charge in [0.05, 0.1) is 11.9 Å². The molecule has 21 heavy (non-hydrogen) atoms. The number of thiophene rings is 1. The Balaban J connectivity index is 2.09. The quantitative estimate of drug-likeness (QED) is 0.902. The second-order valence-corrected chi connectivity index (χ2v) is 6.15. The van der Waals surface area contributed by atoms with Gasteiger partial charge >= 0.3 is 0 Å². The number of hydrogen-bond acceptors (Lipinski definition) is 6. The van der Waals surface area contributed by atoms with E-state index in [1.165, 1.54) is 4.88 Å². The summed E-state index contributed by atoms with van der Waals surface area (Å²) in [7, 11) is 1.81. The molecule has 6 nitrogen and oxygen atoms in total. The summed E-state index contributed by atoms with van der Waals surface area (Å²) in [6.07, 6.45) is 1.91. The van der Waals surface area contributed by atoms with Crippen molar-refractivity contribution in [2.24, 2.45) is 0 Å². The van der Waals surface area contributed by atoms with Crippen molar-refractivity contribution in [3.8, 4) is 0 Å². The Morgan fingerprint density at radius 2 is 2.33 bits per heavy atom. The second-order valence-electron chi connectivity index (χ2n) is 5.03. The van der Waals surface area contributed by atoms with Crippen molar-refractivity contribution in [1.29, 1.82) is 0 Å². The van der Waals surface area contributed by atoms with Crippen molar-refractivity contribution >= 4 is 39.2 Å². The zero-order valence-corrected chi connectivity index (χ0v) is 13.1. The fourth-order valence-electron chi connectivity index (χ4n) is 2.47. The van der Waals surface area contributed by atoms with Gasteiger partial charge in [0.2, 0.25) is 11.9 Å². The van der Waals surface area contributed by atoms with Crippen LogP contribution >= 0.6 is 11.3 Å². The molecule has 0 radical (unpaired) electrons. The number of fused-ring (bicyclic) bond motifs is 1. The average Bonchev–Trinajstić information content (AvgIpc) is 2.80. The van der Waals surface area contributed by atoms with Crippen molar-refractivity contribution < 1.29 is 4.79 Å². The molecule has 1 aliphatic rings. The van der Waals surface area contributed by atoms with Gasteiger partial charge in [0.1, 0.15) is 10.6 Å². The molecule has 0 bridgehead atoms. The lowest BCUT2D eigenvalue weighted by atomic mass is 10.3. The second kappa shape index (κ2) is 5.85. The number of nitrogens with zero attached hydrogens (tertiary/aromatic N) is 3. The van der Waals surface area contributed by atoms with Crippen molar-refractivity contribution in [2.45, 2.75) is 19.8 Å². The molecule has 0 atom stereocenters. The van der Waals surface area contributed by atoms with Crippen molar-refractivity contribution in [3.63, 3.8) is 0 Å². The first-order valence-electron chi connectivity index (χ1n) is 7.21. The normalized spacial score (nSPS) is 15.9. The highest BCUT2D eigenvalue weighted by Crippen LogP contribution is 2.32. The highest BCUT2D eigenvalue weighted by molar-refractivity contribution is 7.18. The molecule has 1 amide bonds. The number of rotatable bonds is 3. The summed E-state index contributed by atoms with van der Waals surface area (Å²) in [5.41, 5.74) is 0. The van der Waals surface area contributed by atoms with Crippen molar-refractivity contribution in [3.05, 3.63) is 10.9 Å². The Hall–Kier alpha value is -1.89. The van der Waals surface area contributed by atoms with Crippen LogP contribution in [-0.4, -0.2) is 42.6 Å². The van der Waals surface area contributed by atoms with Crippen LogP contribution in [0.3, 0.4) is 0 Å². The minimum atomic E-state index is 0.0521. The summed E-state index contributed by atoms with van der Waals surface area (Å²) in [4.78, 5) is 25.3. The molecule has 2 N–H and O–H groups in total. The zero-order chi connectivity index (χ0) is 14.8. The largest absolute Gasteiger partial charge is 0.357 e. The fourth-order valence-corrected chi connectivity index (χ4v) is 3.43. The lowest BCUT2D eigenvalue weighted by Gasteiger charge is -2.21. The van der Waals surface area contributed by atoms with Crippen LogP contribution in [0.1, 0.15) is 18.2 Å². The highest BCUT2D eigenvalue weighted by Gasteiger charge is 2.20. The van der Waals surface area contributed by atoms with E-state index in [9.17, 15) is 4.79 Å². The van der Waals surface area contributed by atoms with Crippen LogP contribution in [0.4, 0.5) is 11.8 Å². The van der Waals surface area contributed by atoms with Crippen molar-refractivity contribution in [2.75, 3.05) is 36.9 Å². The Kier molecular flexibility index (Phi) is 3.92. The van der Waals surface area contributed by atoms with Gasteiger partial charge in [0.25, 0.3) is 0 Å². The molecule has 112 valence electrons. The van der Waals surface area contributed by atoms with Gasteiger partial charge in [-0.05, 0) is 18.9 Å². The van der Waals surface area contributed by atoms with E-state index in [1.807, 2.05) is 7.05 Å². The van der Waals surface area contributed by atoms with Crippen LogP contribution in [0, 0.1) is 0 Å². The van der Waals surface area contributed by atoms with Gasteiger partial charge in [-0.1, -0.05) is 6.92 Å². The molecule has 7 heteroatoms. The Morgan fingerprint density at radius 1 is 1.48 bits per heavy atom. The van der Waals surface area contributed by atoms with Crippen LogP contribution in [-0.2, 0) is 11.2 Å². The summed E-state index contributed by atoms with van der Waals surface area (Å²) >= 11 is 1.69. The SMILES string of the molecule is CCc1cc2c(N3CCCNC(=O)C3)nc(NC)nc2s1. The van der Waals surface area contributed by atoms with Crippen LogP contribution in [0.5, 0.6) is 0 Å². The Labute approximate surface area is 127 Å². The predicted octanol–water partition coefficient (Wildman–Crippen LogP) is 1.62. The number of aromatic nitrogens is 2. The molecular formula is C14H19N5OS. The third-order valence-corrected chi connectivity index (χ3v) is 4.73. The number of amides is 1. The molecule has 0 aromatic carbocycles. The minimum absolute atomic E-state index is 0.0521. The van der Waals surface area contributed by atoms with Crippen LogP contribution in [0.15, 0.2) is 6.07 Å². The van der Waals surface area contributed by atoms with Crippen LogP contribution in [0.2, 0.25) is 0 Å². The lowest BCUT2D eigenvalue weighted by molar-refractivity contribution is -0.119. The molecule has 0 saturated carbocycles. The van der Waals surface area contributed by atoms with Gasteiger partial charge in [-0.15, -0.1) is 11.3 Å². The van der Waals surface area contributed by atoms with E-state index in [-0.39, 0.29) is 5.91 Å². The summed E-state index contributed by atoms with van der Waals surface area (Å²) in [6, 6.07) is 2.15. The van der Waals surface area contributed by atoms with E-state index >= 15 is 0 Å². The summed E-state index contributed by atoms with van der Waals surface area (Å²) in [6.45, 7) is 4.04. The molecule has 0 unspecified atom stereocenters. The molecule has 2 aromatic rings. The standard InChI is InChI=1S/C14H19N5OS/c1-3-9-7-10-12(17-14(15-2)18-13(10)21-9)19-6-4-5-16-11(20)8-19/h7H,3-6,8H2,1-2H3,(H,16,20)(H,15,17,18). The predicted molar refractivity (Wildman–Crippen MR) is 86.2 cm³/mol. The van der Waals surface area contributed by atoms with E-state index in [0.29, 0.717) is 12.5 Å². The first-order chi connectivity index (χ1) is 10.2. The van der Waals surface area contributed by atoms with E-state index in [2.05, 4.69) is 38.5 Å². The molecule has 1 saturated heterocycles. The Bertz CT molecular complexity index is 669. The number of carbonyl (C=O) groups excluding carboxylic acids is 1. The number of aryl methyl sites for hydroxylation is 1. The molecule has 1 fully saturated rings. The first-order valence-corrected chi connectivity index (χ1v) is 8.02. The van der Waals surface area contributed by atoms with Gasteiger partial charge in [-0.2, -0.15) is 4.98 Å². The van der Waals surface area contributed by atoms with E-state index in [0.717, 1.165) is 42.0 Å². The minimum Gasteiger partial charge on any atom is -0.357 e. The molecule has 3 rings (SSSR count). The van der Waals surface area contributed by atoms with Gasteiger partial charge in [-0.25, -0.2) is 4.98 Å². The average molecular weight is 305 g/mol. The van der Waals surface area contributed by atoms with Gasteiger partial charge in [0.15, 0.2) is 0 Å². The van der Waals surface area contributed by atoms with E-state index in [1.54, 1.807) is 11.3 Å². The molecule has 2 aromatic heterocycles. The van der Waals surface area contributed by atoms with Gasteiger partial charge in [0, 0.05) is 25.0 Å². The third-order valence-electron chi connectivity index (χ3n) is 3.56. The number of nitrogens with one attached hydrogen (secondary N) is 2. The zero-order valence-electron chi connectivity index (χ0n) is 12.3. The van der Waals surface area contributed by atoms with Gasteiger partial charge in [-0.3, -0.25) is 4.79 Å².